The number of halogens is 2. The topological polar surface area (TPSA) is 75.7 Å². The number of carbonyl (C=O) groups excluding carboxylic acids is 1. The van der Waals surface area contributed by atoms with Gasteiger partial charge >= 0.3 is 0 Å². The number of amides is 1. The van der Waals surface area contributed by atoms with Gasteiger partial charge in [-0.05, 0) is 65.1 Å². The van der Waals surface area contributed by atoms with E-state index >= 15 is 0 Å². The van der Waals surface area contributed by atoms with E-state index in [0.29, 0.717) is 22.1 Å². The van der Waals surface area contributed by atoms with Crippen LogP contribution in [0, 0.1) is 3.57 Å². The number of nitrogens with zero attached hydrogens (tertiary/aromatic N) is 1. The van der Waals surface area contributed by atoms with Crippen LogP contribution in [0.1, 0.15) is 0 Å². The number of anilines is 2. The zero-order valence-corrected chi connectivity index (χ0v) is 17.2. The molecule has 134 valence electrons. The van der Waals surface area contributed by atoms with Crippen molar-refractivity contribution in [3.05, 3.63) is 51.1 Å². The van der Waals surface area contributed by atoms with Gasteiger partial charge in [-0.3, -0.25) is 9.10 Å². The molecule has 0 aliphatic rings. The van der Waals surface area contributed by atoms with Crippen LogP contribution in [0.15, 0.2) is 42.5 Å². The fourth-order valence-electron chi connectivity index (χ4n) is 2.08. The van der Waals surface area contributed by atoms with Gasteiger partial charge in [-0.25, -0.2) is 8.42 Å². The monoisotopic (exact) mass is 494 g/mol. The van der Waals surface area contributed by atoms with Gasteiger partial charge in [0.05, 0.1) is 24.1 Å². The van der Waals surface area contributed by atoms with E-state index in [1.165, 1.54) is 13.2 Å². The van der Waals surface area contributed by atoms with Crippen molar-refractivity contribution in [3.63, 3.8) is 0 Å². The van der Waals surface area contributed by atoms with Crippen LogP contribution in [0.3, 0.4) is 0 Å². The van der Waals surface area contributed by atoms with Gasteiger partial charge in [0.2, 0.25) is 15.9 Å². The molecular formula is C16H16ClIN2O4S. The second kappa shape index (κ2) is 8.24. The molecule has 2 rings (SSSR count). The number of hydrogen-bond donors (Lipinski definition) is 1. The lowest BCUT2D eigenvalue weighted by atomic mass is 10.3. The molecule has 0 aromatic heterocycles. The summed E-state index contributed by atoms with van der Waals surface area (Å²) in [5.74, 6) is 0.00141. The zero-order chi connectivity index (χ0) is 18.6. The number of methoxy groups -OCH3 is 1. The highest BCUT2D eigenvalue weighted by atomic mass is 127. The Kier molecular flexibility index (Phi) is 6.53. The molecule has 0 spiro atoms. The van der Waals surface area contributed by atoms with Crippen molar-refractivity contribution >= 4 is 61.5 Å². The van der Waals surface area contributed by atoms with Gasteiger partial charge in [-0.1, -0.05) is 11.6 Å². The van der Waals surface area contributed by atoms with Crippen LogP contribution in [0.4, 0.5) is 11.4 Å². The molecule has 0 unspecified atom stereocenters. The molecule has 0 bridgehead atoms. The lowest BCUT2D eigenvalue weighted by Gasteiger charge is -2.22. The molecule has 1 amide bonds. The molecule has 0 fully saturated rings. The van der Waals surface area contributed by atoms with Crippen LogP contribution in [0.25, 0.3) is 0 Å². The summed E-state index contributed by atoms with van der Waals surface area (Å²) >= 11 is 8.14. The number of hydrogen-bond acceptors (Lipinski definition) is 4. The Labute approximate surface area is 165 Å². The fourth-order valence-corrected chi connectivity index (χ4v) is 3.56. The van der Waals surface area contributed by atoms with Crippen LogP contribution in [-0.2, 0) is 14.8 Å². The predicted octanol–water partition coefficient (Wildman–Crippen LogP) is 3.36. The number of benzene rings is 2. The van der Waals surface area contributed by atoms with Crippen molar-refractivity contribution in [1.29, 1.82) is 0 Å². The highest BCUT2D eigenvalue weighted by Gasteiger charge is 2.21. The minimum atomic E-state index is -3.61. The van der Waals surface area contributed by atoms with E-state index in [0.717, 1.165) is 14.1 Å². The fraction of sp³-hybridized carbons (Fsp3) is 0.188. The minimum Gasteiger partial charge on any atom is -0.495 e. The summed E-state index contributed by atoms with van der Waals surface area (Å²) in [4.78, 5) is 12.3. The summed E-state index contributed by atoms with van der Waals surface area (Å²) in [6, 6.07) is 11.6. The molecule has 0 atom stereocenters. The van der Waals surface area contributed by atoms with Crippen LogP contribution in [0.2, 0.25) is 5.02 Å². The van der Waals surface area contributed by atoms with Crippen molar-refractivity contribution in [2.75, 3.05) is 29.5 Å². The molecule has 2 aromatic carbocycles. The lowest BCUT2D eigenvalue weighted by molar-refractivity contribution is -0.114. The third kappa shape index (κ3) is 5.48. The first-order chi connectivity index (χ1) is 11.7. The van der Waals surface area contributed by atoms with Crippen molar-refractivity contribution in [1.82, 2.24) is 0 Å². The van der Waals surface area contributed by atoms with Crippen LogP contribution in [0.5, 0.6) is 5.75 Å². The van der Waals surface area contributed by atoms with E-state index in [1.807, 2.05) is 0 Å². The van der Waals surface area contributed by atoms with Crippen LogP contribution >= 0.6 is 34.2 Å². The predicted molar refractivity (Wildman–Crippen MR) is 108 cm³/mol. The number of carbonyl (C=O) groups is 1. The highest BCUT2D eigenvalue weighted by Crippen LogP contribution is 2.27. The molecular weight excluding hydrogens is 479 g/mol. The zero-order valence-electron chi connectivity index (χ0n) is 13.5. The van der Waals surface area contributed by atoms with E-state index in [4.69, 9.17) is 16.3 Å². The van der Waals surface area contributed by atoms with Gasteiger partial charge in [-0.15, -0.1) is 0 Å². The van der Waals surface area contributed by atoms with E-state index in [2.05, 4.69) is 27.9 Å². The Hall–Kier alpha value is -1.52. The van der Waals surface area contributed by atoms with Gasteiger partial charge in [0.1, 0.15) is 12.3 Å². The Morgan fingerprint density at radius 1 is 1.24 bits per heavy atom. The maximum Gasteiger partial charge on any atom is 0.245 e. The van der Waals surface area contributed by atoms with Crippen molar-refractivity contribution in [2.45, 2.75) is 0 Å². The average molecular weight is 495 g/mol. The maximum absolute atomic E-state index is 12.3. The average Bonchev–Trinajstić information content (AvgIpc) is 2.53. The second-order valence-corrected chi connectivity index (χ2v) is 8.70. The van der Waals surface area contributed by atoms with Gasteiger partial charge in [0.25, 0.3) is 0 Å². The first kappa shape index (κ1) is 19.8. The van der Waals surface area contributed by atoms with Crippen molar-refractivity contribution in [3.8, 4) is 5.75 Å². The maximum atomic E-state index is 12.3. The molecule has 2 aromatic rings. The summed E-state index contributed by atoms with van der Waals surface area (Å²) in [5, 5.41) is 2.98. The van der Waals surface area contributed by atoms with E-state index in [9.17, 15) is 13.2 Å². The molecule has 0 saturated heterocycles. The number of sulfonamides is 1. The first-order valence-electron chi connectivity index (χ1n) is 7.07. The van der Waals surface area contributed by atoms with Crippen molar-refractivity contribution < 1.29 is 17.9 Å². The minimum absolute atomic E-state index is 0.344. The molecule has 25 heavy (non-hydrogen) atoms. The lowest BCUT2D eigenvalue weighted by Crippen LogP contribution is -2.37. The van der Waals surface area contributed by atoms with Crippen molar-refractivity contribution in [2.24, 2.45) is 0 Å². The highest BCUT2D eigenvalue weighted by molar-refractivity contribution is 14.1. The van der Waals surface area contributed by atoms with Gasteiger partial charge in [-0.2, -0.15) is 0 Å². The summed E-state index contributed by atoms with van der Waals surface area (Å²) in [7, 11) is -2.12. The van der Waals surface area contributed by atoms with Gasteiger partial charge in [0.15, 0.2) is 0 Å². The summed E-state index contributed by atoms with van der Waals surface area (Å²) in [6.45, 7) is -0.344. The van der Waals surface area contributed by atoms with Gasteiger partial charge in [0, 0.05) is 9.26 Å². The second-order valence-electron chi connectivity index (χ2n) is 5.14. The van der Waals surface area contributed by atoms with Crippen LogP contribution in [-0.4, -0.2) is 34.2 Å². The molecule has 0 aliphatic carbocycles. The smallest absolute Gasteiger partial charge is 0.245 e. The van der Waals surface area contributed by atoms with Crippen LogP contribution < -0.4 is 14.4 Å². The molecule has 0 radical (unpaired) electrons. The van der Waals surface area contributed by atoms with Gasteiger partial charge < -0.3 is 10.1 Å². The molecule has 0 heterocycles. The molecule has 0 aliphatic heterocycles. The first-order valence-corrected chi connectivity index (χ1v) is 10.4. The Morgan fingerprint density at radius 2 is 1.88 bits per heavy atom. The molecule has 6 nitrogen and oxygen atoms in total. The largest absolute Gasteiger partial charge is 0.495 e. The Morgan fingerprint density at radius 3 is 2.40 bits per heavy atom. The summed E-state index contributed by atoms with van der Waals surface area (Å²) < 4.78 is 31.2. The molecule has 1 N–H and O–H groups in total. The summed E-state index contributed by atoms with van der Waals surface area (Å²) in [5.41, 5.74) is 0.873. The SMILES string of the molecule is COc1ccc(NC(=O)CN(c2ccc(I)cc2)S(C)(=O)=O)cc1Cl. The molecule has 0 saturated carbocycles. The quantitative estimate of drug-likeness (QED) is 0.625. The molecule has 9 heteroatoms. The number of ether oxygens (including phenoxy) is 1. The van der Waals surface area contributed by atoms with E-state index in [-0.39, 0.29) is 6.54 Å². The number of rotatable bonds is 6. The number of nitrogens with one attached hydrogen (secondary N) is 1. The third-order valence-electron chi connectivity index (χ3n) is 3.24. The Bertz CT molecular complexity index is 872. The Balaban J connectivity index is 2.17. The van der Waals surface area contributed by atoms with E-state index in [1.54, 1.807) is 36.4 Å². The summed E-state index contributed by atoms with van der Waals surface area (Å²) in [6.07, 6.45) is 1.06. The normalized spacial score (nSPS) is 11.0. The standard InChI is InChI=1S/C16H16ClIN2O4S/c1-24-15-8-5-12(9-14(15)17)19-16(21)10-20(25(2,22)23)13-6-3-11(18)4-7-13/h3-9H,10H2,1-2H3,(H,19,21). The third-order valence-corrected chi connectivity index (χ3v) is 5.39. The van der Waals surface area contributed by atoms with E-state index < -0.39 is 15.9 Å².